The molecule has 5 rings (SSSR count). The van der Waals surface area contributed by atoms with Gasteiger partial charge in [-0.15, -0.1) is 12.4 Å². The minimum atomic E-state index is -1.39. The minimum Gasteiger partial charge on any atom is -0.477 e. The van der Waals surface area contributed by atoms with E-state index in [1.807, 2.05) is 11.9 Å². The Labute approximate surface area is 178 Å². The lowest BCUT2D eigenvalue weighted by atomic mass is 9.99. The molecule has 3 aliphatic rings. The van der Waals surface area contributed by atoms with Gasteiger partial charge in [-0.2, -0.15) is 0 Å². The fraction of sp³-hybridized carbons (Fsp3) is 0.524. The van der Waals surface area contributed by atoms with Gasteiger partial charge in [-0.1, -0.05) is 6.42 Å². The van der Waals surface area contributed by atoms with Crippen molar-refractivity contribution in [3.8, 4) is 0 Å². The fourth-order valence-corrected chi connectivity index (χ4v) is 5.36. The van der Waals surface area contributed by atoms with Crippen LogP contribution in [0.3, 0.4) is 0 Å². The maximum atomic E-state index is 15.8. The van der Waals surface area contributed by atoms with E-state index in [4.69, 9.17) is 0 Å². The maximum absolute atomic E-state index is 15.8. The summed E-state index contributed by atoms with van der Waals surface area (Å²) in [6, 6.07) is 1.19. The summed E-state index contributed by atoms with van der Waals surface area (Å²) in [4.78, 5) is 25.9. The number of aromatic nitrogens is 1. The number of hydrogen-bond acceptors (Lipinski definition) is 4. The molecule has 1 aromatic heterocycles. The molecule has 2 N–H and O–H groups in total. The molecule has 3 atom stereocenters. The van der Waals surface area contributed by atoms with Crippen molar-refractivity contribution in [2.24, 2.45) is 5.92 Å². The number of aromatic carboxylic acids is 1. The highest BCUT2D eigenvalue weighted by Gasteiger charge is 2.45. The molecule has 1 aliphatic heterocycles. The molecule has 1 aromatic carbocycles. The van der Waals surface area contributed by atoms with Crippen molar-refractivity contribution >= 4 is 35.0 Å². The molecule has 1 saturated heterocycles. The van der Waals surface area contributed by atoms with Crippen LogP contribution in [0.4, 0.5) is 14.5 Å². The Morgan fingerprint density at radius 2 is 1.97 bits per heavy atom. The number of fused-ring (bicyclic) bond motifs is 2. The minimum absolute atomic E-state index is 0. The quantitative estimate of drug-likeness (QED) is 0.764. The van der Waals surface area contributed by atoms with E-state index in [9.17, 15) is 14.7 Å². The topological polar surface area (TPSA) is 74.6 Å². The van der Waals surface area contributed by atoms with E-state index < -0.39 is 28.6 Å². The SMILES string of the molecule is CNC1CN(c2c(F)cc3c(=O)c(C(=O)O)cn(C4CC4)c3c2F)[C@H]2CCC[C@@H]12.Cl. The van der Waals surface area contributed by atoms with Crippen molar-refractivity contribution in [3.63, 3.8) is 0 Å². The Hall–Kier alpha value is -2.19. The summed E-state index contributed by atoms with van der Waals surface area (Å²) in [6.07, 6.45) is 5.70. The van der Waals surface area contributed by atoms with E-state index in [0.29, 0.717) is 12.5 Å². The predicted octanol–water partition coefficient (Wildman–Crippen LogP) is 3.31. The number of carbonyl (C=O) groups is 1. The molecular weight excluding hydrogens is 416 g/mol. The summed E-state index contributed by atoms with van der Waals surface area (Å²) in [7, 11) is 1.87. The van der Waals surface area contributed by atoms with Gasteiger partial charge in [-0.3, -0.25) is 4.79 Å². The molecule has 1 unspecified atom stereocenters. The van der Waals surface area contributed by atoms with Crippen LogP contribution in [0.25, 0.3) is 10.9 Å². The van der Waals surface area contributed by atoms with Gasteiger partial charge in [0.25, 0.3) is 0 Å². The molecule has 2 saturated carbocycles. The third-order valence-electron chi connectivity index (χ3n) is 6.85. The Kier molecular flexibility index (Phi) is 5.26. The lowest BCUT2D eigenvalue weighted by Gasteiger charge is -2.27. The van der Waals surface area contributed by atoms with Crippen LogP contribution in [-0.4, -0.2) is 41.3 Å². The van der Waals surface area contributed by atoms with Crippen molar-refractivity contribution in [2.45, 2.75) is 50.2 Å². The third kappa shape index (κ3) is 3.00. The lowest BCUT2D eigenvalue weighted by molar-refractivity contribution is 0.0695. The summed E-state index contributed by atoms with van der Waals surface area (Å²) in [6.45, 7) is 0.506. The van der Waals surface area contributed by atoms with Gasteiger partial charge >= 0.3 is 5.97 Å². The zero-order valence-corrected chi connectivity index (χ0v) is 17.3. The Balaban J connectivity index is 0.00000218. The summed E-state index contributed by atoms with van der Waals surface area (Å²) in [5.74, 6) is -2.61. The predicted molar refractivity (Wildman–Crippen MR) is 112 cm³/mol. The Bertz CT molecular complexity index is 1090. The highest BCUT2D eigenvalue weighted by atomic mass is 35.5. The van der Waals surface area contributed by atoms with Gasteiger partial charge < -0.3 is 19.9 Å². The second-order valence-corrected chi connectivity index (χ2v) is 8.44. The highest BCUT2D eigenvalue weighted by Crippen LogP contribution is 2.44. The van der Waals surface area contributed by atoms with Crippen LogP contribution in [0.15, 0.2) is 17.1 Å². The molecule has 0 radical (unpaired) electrons. The van der Waals surface area contributed by atoms with Crippen molar-refractivity contribution in [1.82, 2.24) is 9.88 Å². The Morgan fingerprint density at radius 1 is 1.23 bits per heavy atom. The zero-order valence-electron chi connectivity index (χ0n) is 16.5. The van der Waals surface area contributed by atoms with Gasteiger partial charge in [0.1, 0.15) is 17.1 Å². The van der Waals surface area contributed by atoms with Crippen molar-refractivity contribution in [2.75, 3.05) is 18.5 Å². The molecule has 3 fully saturated rings. The maximum Gasteiger partial charge on any atom is 0.341 e. The van der Waals surface area contributed by atoms with Crippen LogP contribution < -0.4 is 15.6 Å². The summed E-state index contributed by atoms with van der Waals surface area (Å²) in [5.41, 5.74) is -1.38. The van der Waals surface area contributed by atoms with E-state index >= 15 is 8.78 Å². The van der Waals surface area contributed by atoms with E-state index in [1.54, 1.807) is 0 Å². The molecule has 162 valence electrons. The van der Waals surface area contributed by atoms with Gasteiger partial charge in [0, 0.05) is 30.9 Å². The smallest absolute Gasteiger partial charge is 0.341 e. The zero-order chi connectivity index (χ0) is 20.4. The number of anilines is 1. The molecule has 2 heterocycles. The normalized spacial score (nSPS) is 25.4. The van der Waals surface area contributed by atoms with Crippen molar-refractivity contribution < 1.29 is 18.7 Å². The number of carboxylic acids is 1. The summed E-state index contributed by atoms with van der Waals surface area (Å²) in [5, 5.41) is 12.4. The van der Waals surface area contributed by atoms with Gasteiger partial charge in [-0.05, 0) is 44.7 Å². The van der Waals surface area contributed by atoms with E-state index in [-0.39, 0.29) is 47.1 Å². The van der Waals surface area contributed by atoms with Crippen LogP contribution in [0.2, 0.25) is 0 Å². The molecule has 2 aliphatic carbocycles. The molecular formula is C21H24ClF2N3O3. The van der Waals surface area contributed by atoms with E-state index in [0.717, 1.165) is 38.2 Å². The van der Waals surface area contributed by atoms with Crippen LogP contribution in [0, 0.1) is 17.6 Å². The molecule has 30 heavy (non-hydrogen) atoms. The standard InChI is InChI=1S/C21H23F2N3O3.ClH/c1-24-15-9-26(16-4-2-3-11(15)16)19-14(22)7-12-18(17(19)23)25(10-5-6-10)8-13(20(12)27)21(28)29;/h7-8,10-11,15-16,24H,2-6,9H2,1H3,(H,28,29);1H/t11-,15?,16-;/m0./s1. The summed E-state index contributed by atoms with van der Waals surface area (Å²) < 4.78 is 32.5. The van der Waals surface area contributed by atoms with Crippen LogP contribution in [-0.2, 0) is 0 Å². The number of likely N-dealkylation sites (N-methyl/N-ethyl adjacent to an activating group) is 1. The van der Waals surface area contributed by atoms with Crippen LogP contribution >= 0.6 is 12.4 Å². The lowest BCUT2D eigenvalue weighted by Crippen LogP contribution is -2.34. The first-order valence-electron chi connectivity index (χ1n) is 10.2. The second-order valence-electron chi connectivity index (χ2n) is 8.44. The van der Waals surface area contributed by atoms with E-state index in [1.165, 1.54) is 10.8 Å². The van der Waals surface area contributed by atoms with Gasteiger partial charge in [0.2, 0.25) is 5.43 Å². The number of carboxylic acid groups (broad SMARTS) is 1. The van der Waals surface area contributed by atoms with Crippen molar-refractivity contribution in [3.05, 3.63) is 39.7 Å². The first-order valence-corrected chi connectivity index (χ1v) is 10.2. The number of rotatable bonds is 4. The molecule has 2 aromatic rings. The largest absolute Gasteiger partial charge is 0.477 e. The number of benzene rings is 1. The van der Waals surface area contributed by atoms with Crippen molar-refractivity contribution in [1.29, 1.82) is 0 Å². The average Bonchev–Trinajstić information content (AvgIpc) is 3.31. The molecule has 6 nitrogen and oxygen atoms in total. The molecule has 9 heteroatoms. The third-order valence-corrected chi connectivity index (χ3v) is 6.85. The van der Waals surface area contributed by atoms with Crippen LogP contribution in [0.1, 0.15) is 48.5 Å². The van der Waals surface area contributed by atoms with Gasteiger partial charge in [-0.25, -0.2) is 13.6 Å². The monoisotopic (exact) mass is 439 g/mol. The number of pyridine rings is 1. The highest BCUT2D eigenvalue weighted by molar-refractivity contribution is 5.94. The second kappa shape index (κ2) is 7.50. The van der Waals surface area contributed by atoms with Gasteiger partial charge in [0.15, 0.2) is 5.82 Å². The molecule has 0 amide bonds. The molecule has 0 spiro atoms. The first-order chi connectivity index (χ1) is 13.9. The summed E-state index contributed by atoms with van der Waals surface area (Å²) >= 11 is 0. The van der Waals surface area contributed by atoms with E-state index in [2.05, 4.69) is 5.32 Å². The Morgan fingerprint density at radius 3 is 2.60 bits per heavy atom. The average molecular weight is 440 g/mol. The number of halogens is 3. The number of nitrogens with one attached hydrogen (secondary N) is 1. The number of nitrogens with zero attached hydrogens (tertiary/aromatic N) is 2. The first kappa shape index (κ1) is 21.1. The molecule has 0 bridgehead atoms. The van der Waals surface area contributed by atoms with Crippen LogP contribution in [0.5, 0.6) is 0 Å². The fourth-order valence-electron chi connectivity index (χ4n) is 5.36. The van der Waals surface area contributed by atoms with Gasteiger partial charge in [0.05, 0.1) is 10.9 Å². The number of hydrogen-bond donors (Lipinski definition) is 2.